The van der Waals surface area contributed by atoms with Gasteiger partial charge in [-0.1, -0.05) is 12.1 Å². The predicted octanol–water partition coefficient (Wildman–Crippen LogP) is -1.06. The van der Waals surface area contributed by atoms with Crippen LogP contribution in [0.15, 0.2) is 24.3 Å². The molecule has 9 nitrogen and oxygen atoms in total. The summed E-state index contributed by atoms with van der Waals surface area (Å²) in [5.41, 5.74) is 0.128. The van der Waals surface area contributed by atoms with Crippen LogP contribution in [0.1, 0.15) is 20.7 Å². The van der Waals surface area contributed by atoms with E-state index in [0.717, 1.165) is 0 Å². The molecule has 0 fully saturated rings. The van der Waals surface area contributed by atoms with E-state index < -0.39 is 18.2 Å². The Bertz CT molecular complexity index is 568. The number of rotatable bonds is 6. The van der Waals surface area contributed by atoms with Crippen molar-refractivity contribution in [2.45, 2.75) is 0 Å². The van der Waals surface area contributed by atoms with Crippen LogP contribution >= 0.6 is 0 Å². The van der Waals surface area contributed by atoms with E-state index in [1.807, 2.05) is 0 Å². The Labute approximate surface area is 148 Å². The SMILES string of the molecule is O=C(OCCO)c1ccccc1C(=O)OCCO.O=[S](=O)(O)[Na]. The zero-order chi connectivity index (χ0) is 17.9. The van der Waals surface area contributed by atoms with Gasteiger partial charge in [0.05, 0.1) is 24.3 Å². The van der Waals surface area contributed by atoms with Gasteiger partial charge in [0.15, 0.2) is 0 Å². The summed E-state index contributed by atoms with van der Waals surface area (Å²) in [6, 6.07) is 6.02. The molecule has 0 heterocycles. The van der Waals surface area contributed by atoms with Gasteiger partial charge in [0, 0.05) is 0 Å². The number of esters is 2. The molecule has 3 N–H and O–H groups in total. The van der Waals surface area contributed by atoms with Crippen LogP contribution in [-0.4, -0.2) is 87.9 Å². The topological polar surface area (TPSA) is 147 Å². The van der Waals surface area contributed by atoms with Crippen molar-refractivity contribution >= 4 is 44.5 Å². The van der Waals surface area contributed by atoms with Gasteiger partial charge in [-0.15, -0.1) is 0 Å². The van der Waals surface area contributed by atoms with E-state index in [0.29, 0.717) is 0 Å². The van der Waals surface area contributed by atoms with Crippen LogP contribution < -0.4 is 0 Å². The minimum absolute atomic E-state index is 0.0638. The van der Waals surface area contributed by atoms with Crippen LogP contribution in [0.5, 0.6) is 0 Å². The molecule has 0 aliphatic carbocycles. The average Bonchev–Trinajstić information content (AvgIpc) is 2.48. The van der Waals surface area contributed by atoms with E-state index in [9.17, 15) is 18.0 Å². The van der Waals surface area contributed by atoms with Crippen molar-refractivity contribution in [3.05, 3.63) is 35.4 Å². The molecule has 0 unspecified atom stereocenters. The molecule has 0 bridgehead atoms. The van der Waals surface area contributed by atoms with Crippen molar-refractivity contribution in [1.29, 1.82) is 0 Å². The number of aliphatic hydroxyl groups excluding tert-OH is 2. The predicted molar refractivity (Wildman–Crippen MR) is 78.5 cm³/mol. The van der Waals surface area contributed by atoms with E-state index in [1.54, 1.807) is 12.1 Å². The molecule has 1 aromatic rings. The molecule has 0 amide bonds. The normalized spacial score (nSPS) is 10.3. The molecular weight excluding hydrogens is 343 g/mol. The van der Waals surface area contributed by atoms with Crippen molar-refractivity contribution in [2.24, 2.45) is 0 Å². The third-order valence-corrected chi connectivity index (χ3v) is 2.02. The van der Waals surface area contributed by atoms with Gasteiger partial charge in [0.1, 0.15) is 13.2 Å². The molecule has 124 valence electrons. The molecular formula is C12H15NaO9S. The van der Waals surface area contributed by atoms with Crippen molar-refractivity contribution in [3.63, 3.8) is 0 Å². The Morgan fingerprint density at radius 3 is 1.52 bits per heavy atom. The second-order valence-corrected chi connectivity index (χ2v) is 8.56. The maximum atomic E-state index is 11.6. The Morgan fingerprint density at radius 2 is 1.26 bits per heavy atom. The molecule has 0 saturated carbocycles. The number of hydrogen-bond acceptors (Lipinski definition) is 8. The average molecular weight is 358 g/mol. The number of carbonyl (C=O) groups excluding carboxylic acids is 2. The second-order valence-electron chi connectivity index (χ2n) is 4.00. The quantitative estimate of drug-likeness (QED) is 0.329. The van der Waals surface area contributed by atoms with Crippen LogP contribution in [-0.2, 0) is 15.7 Å². The summed E-state index contributed by atoms with van der Waals surface area (Å²) in [6.45, 7) is -0.858. The monoisotopic (exact) mass is 358 g/mol. The molecule has 0 aliphatic rings. The van der Waals surface area contributed by atoms with Crippen LogP contribution in [0.2, 0.25) is 0 Å². The van der Waals surface area contributed by atoms with Gasteiger partial charge in [0.2, 0.25) is 0 Å². The first-order valence-corrected chi connectivity index (χ1v) is 10.6. The number of benzene rings is 1. The minimum atomic E-state index is -3.53. The Hall–Kier alpha value is -1.01. The van der Waals surface area contributed by atoms with E-state index in [2.05, 4.69) is 0 Å². The van der Waals surface area contributed by atoms with Gasteiger partial charge in [0.25, 0.3) is 0 Å². The first-order chi connectivity index (χ1) is 10.7. The number of carbonyl (C=O) groups is 2. The Morgan fingerprint density at radius 1 is 0.957 bits per heavy atom. The van der Waals surface area contributed by atoms with Crippen LogP contribution in [0.3, 0.4) is 0 Å². The van der Waals surface area contributed by atoms with Gasteiger partial charge in [-0.05, 0) is 12.1 Å². The van der Waals surface area contributed by atoms with E-state index in [-0.39, 0.29) is 63.9 Å². The molecule has 11 heteroatoms. The van der Waals surface area contributed by atoms with Crippen molar-refractivity contribution in [3.8, 4) is 0 Å². The van der Waals surface area contributed by atoms with Crippen LogP contribution in [0.4, 0.5) is 0 Å². The Balaban J connectivity index is 0.000000841. The molecule has 0 atom stereocenters. The summed E-state index contributed by atoms with van der Waals surface area (Å²) in [4.78, 5) is 23.2. The molecule has 1 aromatic carbocycles. The van der Waals surface area contributed by atoms with E-state index in [1.165, 1.54) is 12.1 Å². The van der Waals surface area contributed by atoms with E-state index >= 15 is 0 Å². The van der Waals surface area contributed by atoms with Crippen LogP contribution in [0.25, 0.3) is 0 Å². The summed E-state index contributed by atoms with van der Waals surface area (Å²) < 4.78 is 35.5. The fraction of sp³-hybridized carbons (Fsp3) is 0.333. The zero-order valence-electron chi connectivity index (χ0n) is 12.3. The van der Waals surface area contributed by atoms with Crippen molar-refractivity contribution in [1.82, 2.24) is 0 Å². The third-order valence-electron chi connectivity index (χ3n) is 2.02. The van der Waals surface area contributed by atoms with E-state index in [4.69, 9.17) is 24.2 Å². The molecule has 0 spiro atoms. The van der Waals surface area contributed by atoms with Crippen molar-refractivity contribution < 1.29 is 42.2 Å². The summed E-state index contributed by atoms with van der Waals surface area (Å²) in [5, 5.41) is 17.1. The maximum absolute atomic E-state index is 11.6. The first-order valence-electron chi connectivity index (χ1n) is 6.28. The summed E-state index contributed by atoms with van der Waals surface area (Å²) in [5.74, 6) is -1.42. The van der Waals surface area contributed by atoms with Crippen molar-refractivity contribution in [2.75, 3.05) is 26.4 Å². The van der Waals surface area contributed by atoms with Gasteiger partial charge in [-0.3, -0.25) is 0 Å². The Kier molecular flexibility index (Phi) is 11.0. The number of aliphatic hydroxyl groups is 2. The molecule has 0 aliphatic heterocycles. The summed E-state index contributed by atoms with van der Waals surface area (Å²) in [6.07, 6.45) is -3.53. The fourth-order valence-corrected chi connectivity index (χ4v) is 1.27. The standard InChI is InChI=1S/C12H14O6.Na.HO3S/c13-5-7-17-11(15)9-3-1-2-4-10(9)12(16)18-8-6-14;;1-4(2)3/h1-4,13-14H,5-8H2;;(H,1,2,3). The third kappa shape index (κ3) is 11.2. The molecule has 0 saturated heterocycles. The fourth-order valence-electron chi connectivity index (χ4n) is 1.27. The van der Waals surface area contributed by atoms with Crippen LogP contribution in [0, 0.1) is 0 Å². The molecule has 0 radical (unpaired) electrons. The molecule has 23 heavy (non-hydrogen) atoms. The first kappa shape index (κ1) is 22.0. The van der Waals surface area contributed by atoms with Gasteiger partial charge >= 0.3 is 57.5 Å². The van der Waals surface area contributed by atoms with Gasteiger partial charge in [-0.2, -0.15) is 0 Å². The number of ether oxygens (including phenoxy) is 2. The summed E-state index contributed by atoms with van der Waals surface area (Å²) >= 11 is -0.164. The van der Waals surface area contributed by atoms with Gasteiger partial charge < -0.3 is 19.7 Å². The summed E-state index contributed by atoms with van der Waals surface area (Å²) in [7, 11) is 0. The number of hydrogen-bond donors (Lipinski definition) is 3. The molecule has 0 aromatic heterocycles. The molecule has 1 rings (SSSR count). The van der Waals surface area contributed by atoms with Gasteiger partial charge in [-0.25, -0.2) is 9.59 Å². The zero-order valence-corrected chi connectivity index (χ0v) is 15.2. The second kappa shape index (κ2) is 11.5.